The summed E-state index contributed by atoms with van der Waals surface area (Å²) in [4.78, 5) is 2.72. The summed E-state index contributed by atoms with van der Waals surface area (Å²) in [6.45, 7) is 6.95. The average Bonchev–Trinajstić information content (AvgIpc) is 2.86. The van der Waals surface area contributed by atoms with Crippen LogP contribution < -0.4 is 5.32 Å². The lowest BCUT2D eigenvalue weighted by Crippen LogP contribution is -2.41. The van der Waals surface area contributed by atoms with Gasteiger partial charge in [0, 0.05) is 25.7 Å². The monoisotopic (exact) mass is 254 g/mol. The van der Waals surface area contributed by atoms with E-state index in [-0.39, 0.29) is 0 Å². The third-order valence-corrected chi connectivity index (χ3v) is 4.62. The van der Waals surface area contributed by atoms with E-state index in [0.29, 0.717) is 0 Å². The maximum atomic E-state index is 5.29. The van der Waals surface area contributed by atoms with Gasteiger partial charge in [-0.2, -0.15) is 0 Å². The number of hydrogen-bond acceptors (Lipinski definition) is 3. The second-order valence-corrected chi connectivity index (χ2v) is 6.06. The highest BCUT2D eigenvalue weighted by atomic mass is 16.5. The molecule has 1 N–H and O–H groups in total. The minimum Gasteiger partial charge on any atom is -0.384 e. The molecule has 3 heteroatoms. The molecule has 1 aliphatic heterocycles. The van der Waals surface area contributed by atoms with Gasteiger partial charge in [0.2, 0.25) is 0 Å². The van der Waals surface area contributed by atoms with Crippen LogP contribution in [0.1, 0.15) is 45.4 Å². The number of rotatable bonds is 6. The topological polar surface area (TPSA) is 24.5 Å². The Labute approximate surface area is 112 Å². The Bertz CT molecular complexity index is 227. The smallest absolute Gasteiger partial charge is 0.0503 e. The van der Waals surface area contributed by atoms with Gasteiger partial charge in [0.15, 0.2) is 0 Å². The first-order valence-corrected chi connectivity index (χ1v) is 7.79. The fourth-order valence-electron chi connectivity index (χ4n) is 3.56. The van der Waals surface area contributed by atoms with Gasteiger partial charge in [0.05, 0.1) is 6.61 Å². The van der Waals surface area contributed by atoms with E-state index in [1.165, 1.54) is 58.2 Å². The average molecular weight is 254 g/mol. The van der Waals surface area contributed by atoms with Gasteiger partial charge in [-0.15, -0.1) is 0 Å². The molecule has 2 rings (SSSR count). The molecule has 0 aromatic heterocycles. The quantitative estimate of drug-likeness (QED) is 0.787. The van der Waals surface area contributed by atoms with Crippen molar-refractivity contribution in [1.29, 1.82) is 0 Å². The third-order valence-electron chi connectivity index (χ3n) is 4.62. The Balaban J connectivity index is 1.67. The molecule has 0 spiro atoms. The minimum atomic E-state index is 0.783. The molecule has 2 fully saturated rings. The van der Waals surface area contributed by atoms with Crippen molar-refractivity contribution in [2.75, 3.05) is 33.4 Å². The highest BCUT2D eigenvalue weighted by Gasteiger charge is 2.30. The van der Waals surface area contributed by atoms with Crippen molar-refractivity contribution in [2.45, 2.75) is 57.5 Å². The molecule has 1 saturated carbocycles. The number of nitrogens with one attached hydrogen (secondary N) is 1. The Kier molecular flexibility index (Phi) is 5.93. The van der Waals surface area contributed by atoms with Crippen LogP contribution in [0.15, 0.2) is 0 Å². The van der Waals surface area contributed by atoms with E-state index < -0.39 is 0 Å². The van der Waals surface area contributed by atoms with E-state index in [1.807, 2.05) is 7.11 Å². The number of nitrogens with zero attached hydrogens (tertiary/aromatic N) is 1. The van der Waals surface area contributed by atoms with Crippen LogP contribution in [-0.2, 0) is 4.74 Å². The first-order valence-electron chi connectivity index (χ1n) is 7.79. The molecule has 106 valence electrons. The molecule has 1 aliphatic carbocycles. The van der Waals surface area contributed by atoms with Crippen LogP contribution in [0.2, 0.25) is 0 Å². The summed E-state index contributed by atoms with van der Waals surface area (Å²) in [5.74, 6) is 0.783. The van der Waals surface area contributed by atoms with Crippen molar-refractivity contribution in [2.24, 2.45) is 5.92 Å². The number of ether oxygens (including phenoxy) is 1. The molecule has 0 aromatic carbocycles. The molecule has 0 aromatic rings. The fourth-order valence-corrected chi connectivity index (χ4v) is 3.56. The van der Waals surface area contributed by atoms with Gasteiger partial charge in [-0.25, -0.2) is 0 Å². The Hall–Kier alpha value is -0.120. The highest BCUT2D eigenvalue weighted by molar-refractivity contribution is 4.86. The van der Waals surface area contributed by atoms with E-state index >= 15 is 0 Å². The Morgan fingerprint density at radius 1 is 1.17 bits per heavy atom. The van der Waals surface area contributed by atoms with E-state index in [0.717, 1.165) is 24.6 Å². The molecule has 0 amide bonds. The van der Waals surface area contributed by atoms with Crippen LogP contribution in [0, 0.1) is 5.92 Å². The van der Waals surface area contributed by atoms with Crippen molar-refractivity contribution >= 4 is 0 Å². The largest absolute Gasteiger partial charge is 0.384 e. The summed E-state index contributed by atoms with van der Waals surface area (Å²) in [5, 5.41) is 3.67. The maximum absolute atomic E-state index is 5.29. The summed E-state index contributed by atoms with van der Waals surface area (Å²) in [6.07, 6.45) is 8.11. The molecule has 1 atom stereocenters. The van der Waals surface area contributed by atoms with Gasteiger partial charge in [0.1, 0.15) is 0 Å². The number of hydrogen-bond donors (Lipinski definition) is 1. The van der Waals surface area contributed by atoms with Crippen LogP contribution in [-0.4, -0.2) is 50.3 Å². The van der Waals surface area contributed by atoms with Crippen LogP contribution in [0.25, 0.3) is 0 Å². The van der Waals surface area contributed by atoms with Gasteiger partial charge in [0.25, 0.3) is 0 Å². The standard InChI is InChI=1S/C15H30N2O/c1-3-9-16-14-4-6-15(7-5-14)17-10-8-13(11-17)12-18-2/h13-16H,3-12H2,1-2H3. The molecule has 0 bridgehead atoms. The van der Waals surface area contributed by atoms with Crippen LogP contribution in [0.5, 0.6) is 0 Å². The predicted molar refractivity (Wildman–Crippen MR) is 75.9 cm³/mol. The maximum Gasteiger partial charge on any atom is 0.0503 e. The van der Waals surface area contributed by atoms with Crippen molar-refractivity contribution < 1.29 is 4.74 Å². The van der Waals surface area contributed by atoms with Gasteiger partial charge in [-0.3, -0.25) is 0 Å². The fraction of sp³-hybridized carbons (Fsp3) is 1.00. The van der Waals surface area contributed by atoms with Gasteiger partial charge < -0.3 is 15.0 Å². The van der Waals surface area contributed by atoms with Gasteiger partial charge in [-0.05, 0) is 57.5 Å². The molecule has 2 aliphatic rings. The zero-order valence-electron chi connectivity index (χ0n) is 12.2. The van der Waals surface area contributed by atoms with Crippen LogP contribution >= 0.6 is 0 Å². The Morgan fingerprint density at radius 2 is 1.94 bits per heavy atom. The molecule has 1 unspecified atom stereocenters. The van der Waals surface area contributed by atoms with E-state index in [2.05, 4.69) is 17.1 Å². The van der Waals surface area contributed by atoms with E-state index in [9.17, 15) is 0 Å². The van der Waals surface area contributed by atoms with Crippen LogP contribution in [0.4, 0.5) is 0 Å². The second-order valence-electron chi connectivity index (χ2n) is 6.06. The summed E-state index contributed by atoms with van der Waals surface area (Å²) >= 11 is 0. The Morgan fingerprint density at radius 3 is 2.61 bits per heavy atom. The number of methoxy groups -OCH3 is 1. The normalized spacial score (nSPS) is 34.0. The lowest BCUT2D eigenvalue weighted by atomic mass is 9.90. The zero-order chi connectivity index (χ0) is 12.8. The first-order chi connectivity index (χ1) is 8.83. The van der Waals surface area contributed by atoms with Gasteiger partial charge in [-0.1, -0.05) is 6.92 Å². The lowest BCUT2D eigenvalue weighted by molar-refractivity contribution is 0.134. The lowest BCUT2D eigenvalue weighted by Gasteiger charge is -2.35. The van der Waals surface area contributed by atoms with E-state index in [4.69, 9.17) is 4.74 Å². The van der Waals surface area contributed by atoms with Crippen molar-refractivity contribution in [1.82, 2.24) is 10.2 Å². The minimum absolute atomic E-state index is 0.783. The molecule has 18 heavy (non-hydrogen) atoms. The second kappa shape index (κ2) is 7.46. The molecule has 0 radical (unpaired) electrons. The zero-order valence-corrected chi connectivity index (χ0v) is 12.2. The molecule has 1 heterocycles. The molecule has 3 nitrogen and oxygen atoms in total. The van der Waals surface area contributed by atoms with Crippen molar-refractivity contribution in [3.05, 3.63) is 0 Å². The summed E-state index contributed by atoms with van der Waals surface area (Å²) in [6, 6.07) is 1.64. The summed E-state index contributed by atoms with van der Waals surface area (Å²) in [7, 11) is 1.83. The van der Waals surface area contributed by atoms with Crippen LogP contribution in [0.3, 0.4) is 0 Å². The first kappa shape index (κ1) is 14.3. The van der Waals surface area contributed by atoms with Crippen molar-refractivity contribution in [3.8, 4) is 0 Å². The molecular weight excluding hydrogens is 224 g/mol. The number of likely N-dealkylation sites (tertiary alicyclic amines) is 1. The SMILES string of the molecule is CCCNC1CCC(N2CCC(COC)C2)CC1. The van der Waals surface area contributed by atoms with E-state index in [1.54, 1.807) is 0 Å². The summed E-state index contributed by atoms with van der Waals surface area (Å²) in [5.41, 5.74) is 0. The van der Waals surface area contributed by atoms with Gasteiger partial charge >= 0.3 is 0 Å². The molecule has 1 saturated heterocycles. The van der Waals surface area contributed by atoms with Crippen molar-refractivity contribution in [3.63, 3.8) is 0 Å². The molecular formula is C15H30N2O. The highest BCUT2D eigenvalue weighted by Crippen LogP contribution is 2.28. The third kappa shape index (κ3) is 3.94. The predicted octanol–water partition coefficient (Wildman–Crippen LogP) is 2.27. The summed E-state index contributed by atoms with van der Waals surface area (Å²) < 4.78 is 5.29.